The van der Waals surface area contributed by atoms with Crippen LogP contribution in [0.4, 0.5) is 5.69 Å². The number of rotatable bonds is 3. The number of anilines is 1. The van der Waals surface area contributed by atoms with Crippen LogP contribution in [0.15, 0.2) is 23.1 Å². The second-order valence-electron chi connectivity index (χ2n) is 6.36. The Labute approximate surface area is 131 Å². The van der Waals surface area contributed by atoms with Crippen LogP contribution in [0.1, 0.15) is 44.6 Å². The second-order valence-corrected chi connectivity index (χ2v) is 8.07. The van der Waals surface area contributed by atoms with Crippen molar-refractivity contribution in [2.75, 3.05) is 5.32 Å². The smallest absolute Gasteiger partial charge is 0.240 e. The van der Waals surface area contributed by atoms with Gasteiger partial charge in [-0.15, -0.1) is 0 Å². The first-order valence-electron chi connectivity index (χ1n) is 7.91. The Kier molecular flexibility index (Phi) is 4.23. The van der Waals surface area contributed by atoms with Crippen LogP contribution in [0.5, 0.6) is 0 Å². The molecule has 2 N–H and O–H groups in total. The maximum Gasteiger partial charge on any atom is 0.240 e. The van der Waals surface area contributed by atoms with Crippen molar-refractivity contribution in [1.29, 1.82) is 0 Å². The highest BCUT2D eigenvalue weighted by molar-refractivity contribution is 7.89. The van der Waals surface area contributed by atoms with Gasteiger partial charge in [0.05, 0.1) is 4.90 Å². The minimum atomic E-state index is -3.50. The van der Waals surface area contributed by atoms with E-state index in [0.717, 1.165) is 30.5 Å². The number of hydrogen-bond acceptors (Lipinski definition) is 3. The fourth-order valence-corrected chi connectivity index (χ4v) is 4.72. The third kappa shape index (κ3) is 3.17. The number of aryl methyl sites for hydroxylation is 1. The quantitative estimate of drug-likeness (QED) is 0.897. The Balaban J connectivity index is 1.81. The topological polar surface area (TPSA) is 75.3 Å². The van der Waals surface area contributed by atoms with E-state index in [-0.39, 0.29) is 11.9 Å². The lowest BCUT2D eigenvalue weighted by Gasteiger charge is -2.29. The van der Waals surface area contributed by atoms with Gasteiger partial charge < -0.3 is 5.32 Å². The van der Waals surface area contributed by atoms with Gasteiger partial charge >= 0.3 is 0 Å². The summed E-state index contributed by atoms with van der Waals surface area (Å²) in [5, 5.41) is 2.77. The third-order valence-electron chi connectivity index (χ3n) is 4.70. The molecule has 1 aromatic carbocycles. The number of carbonyl (C=O) groups is 1. The van der Waals surface area contributed by atoms with Crippen molar-refractivity contribution in [2.45, 2.75) is 56.4 Å². The summed E-state index contributed by atoms with van der Waals surface area (Å²) in [6, 6.07) is 4.96. The summed E-state index contributed by atoms with van der Waals surface area (Å²) in [5.74, 6) is 0.359. The van der Waals surface area contributed by atoms with Gasteiger partial charge in [0.25, 0.3) is 0 Å². The maximum absolute atomic E-state index is 12.6. The lowest BCUT2D eigenvalue weighted by atomic mass is 9.87. The van der Waals surface area contributed by atoms with Crippen molar-refractivity contribution in [2.24, 2.45) is 5.92 Å². The monoisotopic (exact) mass is 322 g/mol. The average molecular weight is 322 g/mol. The molecule has 1 amide bonds. The van der Waals surface area contributed by atoms with E-state index in [4.69, 9.17) is 0 Å². The van der Waals surface area contributed by atoms with Gasteiger partial charge in [0.2, 0.25) is 15.9 Å². The Hall–Kier alpha value is -1.40. The van der Waals surface area contributed by atoms with E-state index in [9.17, 15) is 13.2 Å². The Bertz CT molecular complexity index is 685. The second kappa shape index (κ2) is 6.01. The van der Waals surface area contributed by atoms with Crippen molar-refractivity contribution in [3.8, 4) is 0 Å². The molecule has 2 aliphatic rings. The summed E-state index contributed by atoms with van der Waals surface area (Å²) < 4.78 is 28.1. The van der Waals surface area contributed by atoms with E-state index in [1.54, 1.807) is 18.2 Å². The fourth-order valence-electron chi connectivity index (χ4n) is 3.29. The zero-order valence-corrected chi connectivity index (χ0v) is 13.6. The van der Waals surface area contributed by atoms with E-state index < -0.39 is 10.0 Å². The number of sulfonamides is 1. The third-order valence-corrected chi connectivity index (χ3v) is 6.19. The minimum Gasteiger partial charge on any atom is -0.326 e. The molecule has 1 heterocycles. The summed E-state index contributed by atoms with van der Waals surface area (Å²) in [4.78, 5) is 11.7. The molecule has 1 fully saturated rings. The highest BCUT2D eigenvalue weighted by Crippen LogP contribution is 2.28. The molecule has 1 aromatic rings. The standard InChI is InChI=1S/C16H22N2O3S/c1-11-4-2-3-5-14(11)18-22(20,21)13-7-8-15-12(10-13)6-9-16(19)17-15/h7-8,10-11,14,18H,2-6,9H2,1H3,(H,17,19)/t11-,14-/m1/s1. The van der Waals surface area contributed by atoms with Gasteiger partial charge in [-0.2, -0.15) is 0 Å². The predicted molar refractivity (Wildman–Crippen MR) is 85.1 cm³/mol. The first-order chi connectivity index (χ1) is 10.5. The normalized spacial score (nSPS) is 25.4. The molecule has 0 bridgehead atoms. The van der Waals surface area contributed by atoms with E-state index in [1.807, 2.05) is 0 Å². The summed E-state index contributed by atoms with van der Waals surface area (Å²) in [5.41, 5.74) is 1.61. The van der Waals surface area contributed by atoms with Gasteiger partial charge in [-0.05, 0) is 48.9 Å². The van der Waals surface area contributed by atoms with Crippen LogP contribution in [-0.2, 0) is 21.2 Å². The van der Waals surface area contributed by atoms with Crippen LogP contribution in [0.2, 0.25) is 0 Å². The molecule has 1 saturated carbocycles. The van der Waals surface area contributed by atoms with Gasteiger partial charge in [0.1, 0.15) is 0 Å². The molecule has 1 aliphatic heterocycles. The van der Waals surface area contributed by atoms with Gasteiger partial charge in [-0.1, -0.05) is 19.8 Å². The lowest BCUT2D eigenvalue weighted by Crippen LogP contribution is -2.41. The molecule has 0 radical (unpaired) electrons. The van der Waals surface area contributed by atoms with Gasteiger partial charge in [-0.3, -0.25) is 4.79 Å². The molecule has 3 rings (SSSR count). The number of benzene rings is 1. The first-order valence-corrected chi connectivity index (χ1v) is 9.39. The van der Waals surface area contributed by atoms with Gasteiger partial charge in [0.15, 0.2) is 0 Å². The molecule has 6 heteroatoms. The number of carbonyl (C=O) groups excluding carboxylic acids is 1. The van der Waals surface area contributed by atoms with Crippen molar-refractivity contribution in [1.82, 2.24) is 4.72 Å². The SMILES string of the molecule is C[C@@H]1CCCC[C@H]1NS(=O)(=O)c1ccc2c(c1)CCC(=O)N2. The number of nitrogens with one attached hydrogen (secondary N) is 2. The van der Waals surface area contributed by atoms with Crippen molar-refractivity contribution in [3.63, 3.8) is 0 Å². The molecule has 0 unspecified atom stereocenters. The van der Waals surface area contributed by atoms with Crippen molar-refractivity contribution >= 4 is 21.6 Å². The summed E-state index contributed by atoms with van der Waals surface area (Å²) in [6.45, 7) is 2.11. The van der Waals surface area contributed by atoms with Crippen LogP contribution in [0.3, 0.4) is 0 Å². The van der Waals surface area contributed by atoms with Crippen LogP contribution in [0.25, 0.3) is 0 Å². The van der Waals surface area contributed by atoms with E-state index in [2.05, 4.69) is 17.0 Å². The summed E-state index contributed by atoms with van der Waals surface area (Å²) in [7, 11) is -3.50. The van der Waals surface area contributed by atoms with Crippen molar-refractivity contribution in [3.05, 3.63) is 23.8 Å². The zero-order chi connectivity index (χ0) is 15.7. The summed E-state index contributed by atoms with van der Waals surface area (Å²) in [6.07, 6.45) is 5.23. The highest BCUT2D eigenvalue weighted by Gasteiger charge is 2.27. The molecule has 1 aliphatic carbocycles. The highest BCUT2D eigenvalue weighted by atomic mass is 32.2. The molecular weight excluding hydrogens is 300 g/mol. The van der Waals surface area contributed by atoms with Crippen LogP contribution < -0.4 is 10.0 Å². The number of hydrogen-bond donors (Lipinski definition) is 2. The molecule has 0 saturated heterocycles. The molecular formula is C16H22N2O3S. The molecule has 0 aromatic heterocycles. The van der Waals surface area contributed by atoms with Crippen LogP contribution >= 0.6 is 0 Å². The average Bonchev–Trinajstić information content (AvgIpc) is 2.49. The molecule has 120 valence electrons. The number of fused-ring (bicyclic) bond motifs is 1. The predicted octanol–water partition coefficient (Wildman–Crippen LogP) is 2.43. The fraction of sp³-hybridized carbons (Fsp3) is 0.562. The Morgan fingerprint density at radius 3 is 2.73 bits per heavy atom. The van der Waals surface area contributed by atoms with E-state index in [0.29, 0.717) is 23.7 Å². The lowest BCUT2D eigenvalue weighted by molar-refractivity contribution is -0.116. The molecule has 0 spiro atoms. The summed E-state index contributed by atoms with van der Waals surface area (Å²) >= 11 is 0. The largest absolute Gasteiger partial charge is 0.326 e. The van der Waals surface area contributed by atoms with E-state index >= 15 is 0 Å². The van der Waals surface area contributed by atoms with Gasteiger partial charge in [-0.25, -0.2) is 13.1 Å². The zero-order valence-electron chi connectivity index (χ0n) is 12.8. The minimum absolute atomic E-state index is 0.0164. The maximum atomic E-state index is 12.6. The Morgan fingerprint density at radius 2 is 1.95 bits per heavy atom. The van der Waals surface area contributed by atoms with E-state index in [1.165, 1.54) is 6.42 Å². The van der Waals surface area contributed by atoms with Crippen molar-refractivity contribution < 1.29 is 13.2 Å². The van der Waals surface area contributed by atoms with Crippen LogP contribution in [0, 0.1) is 5.92 Å². The molecule has 22 heavy (non-hydrogen) atoms. The van der Waals surface area contributed by atoms with Gasteiger partial charge in [0, 0.05) is 18.2 Å². The first kappa shape index (κ1) is 15.5. The molecule has 5 nitrogen and oxygen atoms in total. The Morgan fingerprint density at radius 1 is 1.18 bits per heavy atom. The number of amides is 1. The molecule has 2 atom stereocenters. The van der Waals surface area contributed by atoms with Crippen LogP contribution in [-0.4, -0.2) is 20.4 Å².